The van der Waals surface area contributed by atoms with Crippen LogP contribution in [0, 0.1) is 0 Å². The maximum absolute atomic E-state index is 12.8. The third-order valence-electron chi connectivity index (χ3n) is 5.33. The molecule has 0 spiro atoms. The summed E-state index contributed by atoms with van der Waals surface area (Å²) in [6.07, 6.45) is 1.08. The number of thiocarbonyl (C=S) groups is 1. The van der Waals surface area contributed by atoms with Gasteiger partial charge in [0.1, 0.15) is 12.5 Å². The molecule has 3 rings (SSSR count). The average molecular weight is 501 g/mol. The Morgan fingerprint density at radius 1 is 1.22 bits per heavy atom. The van der Waals surface area contributed by atoms with Crippen LogP contribution in [0.5, 0.6) is 0 Å². The Kier molecular flexibility index (Phi) is 8.87. The number of anilines is 1. The minimum Gasteiger partial charge on any atom is -0.474 e. The Morgan fingerprint density at radius 3 is 2.59 bits per heavy atom. The molecule has 6 nitrogen and oxygen atoms in total. The van der Waals surface area contributed by atoms with Gasteiger partial charge in [0.2, 0.25) is 0 Å². The van der Waals surface area contributed by atoms with E-state index in [2.05, 4.69) is 5.32 Å². The fraction of sp³-hybridized carbons (Fsp3) is 0.500. The second-order valence-electron chi connectivity index (χ2n) is 7.37. The molecule has 1 aliphatic rings. The predicted octanol–water partition coefficient (Wildman–Crippen LogP) is 4.96. The lowest BCUT2D eigenvalue weighted by molar-refractivity contribution is 0.0476. The van der Waals surface area contributed by atoms with E-state index in [0.29, 0.717) is 47.0 Å². The zero-order valence-electron chi connectivity index (χ0n) is 18.3. The number of benzene rings is 1. The van der Waals surface area contributed by atoms with Gasteiger partial charge in [-0.15, -0.1) is 0 Å². The lowest BCUT2D eigenvalue weighted by Gasteiger charge is -2.22. The standard InChI is InChI=1S/C22H27Cl2FN4O2S/c1-4-16-20(14-7-6-13(23)10-15(14)24)26-17(5-2)21(27-16)28-18-11-29(22(32)30-3)12-19(18)31-9-8-25/h6-7,10,18-19H,4-5,8-9,11-12H2,1-3H3,(H,27,28)/t18-,19+/m1/s1. The van der Waals surface area contributed by atoms with Crippen molar-refractivity contribution < 1.29 is 13.9 Å². The first-order chi connectivity index (χ1) is 15.4. The lowest BCUT2D eigenvalue weighted by Crippen LogP contribution is -2.36. The van der Waals surface area contributed by atoms with Gasteiger partial charge in [0, 0.05) is 23.7 Å². The van der Waals surface area contributed by atoms with Crippen LogP contribution in [-0.4, -0.2) is 65.7 Å². The van der Waals surface area contributed by atoms with E-state index in [1.165, 1.54) is 7.11 Å². The van der Waals surface area contributed by atoms with E-state index in [1.807, 2.05) is 24.8 Å². The first-order valence-corrected chi connectivity index (χ1v) is 11.7. The summed E-state index contributed by atoms with van der Waals surface area (Å²) in [5.74, 6) is 0.683. The second kappa shape index (κ2) is 11.4. The van der Waals surface area contributed by atoms with E-state index >= 15 is 0 Å². The number of halogens is 3. The van der Waals surface area contributed by atoms with Gasteiger partial charge in [-0.3, -0.25) is 0 Å². The summed E-state index contributed by atoms with van der Waals surface area (Å²) in [7, 11) is 1.54. The van der Waals surface area contributed by atoms with Gasteiger partial charge in [0.05, 0.1) is 48.0 Å². The highest BCUT2D eigenvalue weighted by Crippen LogP contribution is 2.33. The smallest absolute Gasteiger partial charge is 0.259 e. The van der Waals surface area contributed by atoms with Gasteiger partial charge in [-0.1, -0.05) is 37.0 Å². The Balaban J connectivity index is 1.93. The van der Waals surface area contributed by atoms with Crippen molar-refractivity contribution in [2.45, 2.75) is 38.8 Å². The Hall–Kier alpha value is -1.74. The molecule has 1 aromatic heterocycles. The van der Waals surface area contributed by atoms with Crippen molar-refractivity contribution in [2.24, 2.45) is 0 Å². The summed E-state index contributed by atoms with van der Waals surface area (Å²) < 4.78 is 23.7. The number of aryl methyl sites for hydroxylation is 2. The Morgan fingerprint density at radius 2 is 1.97 bits per heavy atom. The Labute approximate surface area is 203 Å². The molecule has 1 aliphatic heterocycles. The lowest BCUT2D eigenvalue weighted by atomic mass is 10.1. The molecule has 0 aliphatic carbocycles. The van der Waals surface area contributed by atoms with Gasteiger partial charge in [0.25, 0.3) is 5.17 Å². The van der Waals surface area contributed by atoms with Crippen molar-refractivity contribution >= 4 is 46.4 Å². The SMILES string of the molecule is CCc1nc(-c2ccc(Cl)cc2Cl)c(CC)nc1N[C@@H]1CN(C(=S)OC)C[C@@H]1OCCF. The molecule has 0 saturated carbocycles. The third kappa shape index (κ3) is 5.60. The van der Waals surface area contributed by atoms with Crippen molar-refractivity contribution in [1.29, 1.82) is 0 Å². The zero-order valence-corrected chi connectivity index (χ0v) is 20.7. The number of methoxy groups -OCH3 is 1. The van der Waals surface area contributed by atoms with Gasteiger partial charge >= 0.3 is 0 Å². The Bertz CT molecular complexity index is 966. The van der Waals surface area contributed by atoms with E-state index in [9.17, 15) is 4.39 Å². The summed E-state index contributed by atoms with van der Waals surface area (Å²) in [6.45, 7) is 4.59. The molecule has 32 heavy (non-hydrogen) atoms. The van der Waals surface area contributed by atoms with Gasteiger partial charge in [-0.05, 0) is 43.3 Å². The number of aromatic nitrogens is 2. The molecule has 1 fully saturated rings. The summed E-state index contributed by atoms with van der Waals surface area (Å²) in [4.78, 5) is 11.7. The molecule has 0 bridgehead atoms. The number of nitrogens with one attached hydrogen (secondary N) is 1. The molecule has 174 valence electrons. The molecule has 1 N–H and O–H groups in total. The van der Waals surface area contributed by atoms with Crippen LogP contribution in [0.15, 0.2) is 18.2 Å². The molecular weight excluding hydrogens is 474 g/mol. The predicted molar refractivity (Wildman–Crippen MR) is 131 cm³/mol. The first-order valence-electron chi connectivity index (χ1n) is 10.5. The van der Waals surface area contributed by atoms with Crippen LogP contribution in [0.25, 0.3) is 11.3 Å². The molecule has 2 atom stereocenters. The van der Waals surface area contributed by atoms with Gasteiger partial charge in [-0.25, -0.2) is 14.4 Å². The number of hydrogen-bond donors (Lipinski definition) is 1. The number of likely N-dealkylation sites (tertiary alicyclic amines) is 1. The highest BCUT2D eigenvalue weighted by Gasteiger charge is 2.36. The normalized spacial score (nSPS) is 18.1. The van der Waals surface area contributed by atoms with Crippen molar-refractivity contribution in [2.75, 3.05) is 38.8 Å². The summed E-state index contributed by atoms with van der Waals surface area (Å²) >= 11 is 17.8. The maximum atomic E-state index is 12.8. The second-order valence-corrected chi connectivity index (χ2v) is 8.56. The number of ether oxygens (including phenoxy) is 2. The fourth-order valence-corrected chi connectivity index (χ4v) is 4.39. The van der Waals surface area contributed by atoms with Crippen LogP contribution in [0.4, 0.5) is 10.2 Å². The monoisotopic (exact) mass is 500 g/mol. The van der Waals surface area contributed by atoms with E-state index < -0.39 is 6.67 Å². The van der Waals surface area contributed by atoms with E-state index in [0.717, 1.165) is 22.6 Å². The van der Waals surface area contributed by atoms with Crippen LogP contribution >= 0.6 is 35.4 Å². The summed E-state index contributed by atoms with van der Waals surface area (Å²) in [5, 5.41) is 4.95. The molecule has 2 heterocycles. The van der Waals surface area contributed by atoms with Crippen molar-refractivity contribution in [3.8, 4) is 11.3 Å². The largest absolute Gasteiger partial charge is 0.474 e. The van der Waals surface area contributed by atoms with Gasteiger partial charge in [0.15, 0.2) is 0 Å². The molecular formula is C22H27Cl2FN4O2S. The average Bonchev–Trinajstić information content (AvgIpc) is 3.19. The highest BCUT2D eigenvalue weighted by molar-refractivity contribution is 7.80. The molecule has 0 amide bonds. The van der Waals surface area contributed by atoms with Crippen LogP contribution in [0.2, 0.25) is 10.0 Å². The number of hydrogen-bond acceptors (Lipinski definition) is 6. The molecule has 2 aromatic rings. The van der Waals surface area contributed by atoms with Crippen LogP contribution in [-0.2, 0) is 22.3 Å². The number of nitrogens with zero attached hydrogens (tertiary/aromatic N) is 3. The van der Waals surface area contributed by atoms with E-state index in [4.69, 9.17) is 54.9 Å². The first kappa shape index (κ1) is 24.9. The molecule has 0 unspecified atom stereocenters. The number of rotatable bonds is 8. The molecule has 1 saturated heterocycles. The maximum Gasteiger partial charge on any atom is 0.259 e. The molecule has 1 aromatic carbocycles. The fourth-order valence-electron chi connectivity index (χ4n) is 3.74. The number of alkyl halides is 1. The van der Waals surface area contributed by atoms with Crippen molar-refractivity contribution in [3.05, 3.63) is 39.6 Å². The van der Waals surface area contributed by atoms with Crippen molar-refractivity contribution in [3.63, 3.8) is 0 Å². The zero-order chi connectivity index (χ0) is 23.3. The van der Waals surface area contributed by atoms with Crippen LogP contribution < -0.4 is 5.32 Å². The quantitative estimate of drug-likeness (QED) is 0.514. The van der Waals surface area contributed by atoms with Gasteiger partial charge in [-0.2, -0.15) is 0 Å². The summed E-state index contributed by atoms with van der Waals surface area (Å²) in [5.41, 5.74) is 3.16. The van der Waals surface area contributed by atoms with Crippen LogP contribution in [0.3, 0.4) is 0 Å². The van der Waals surface area contributed by atoms with Crippen LogP contribution in [0.1, 0.15) is 25.2 Å². The van der Waals surface area contributed by atoms with E-state index in [-0.39, 0.29) is 18.8 Å². The van der Waals surface area contributed by atoms with Crippen molar-refractivity contribution in [1.82, 2.24) is 14.9 Å². The molecule has 10 heteroatoms. The molecule has 0 radical (unpaired) electrons. The minimum atomic E-state index is -0.547. The van der Waals surface area contributed by atoms with Gasteiger partial charge < -0.3 is 19.7 Å². The summed E-state index contributed by atoms with van der Waals surface area (Å²) in [6, 6.07) is 5.21. The highest BCUT2D eigenvalue weighted by atomic mass is 35.5. The third-order valence-corrected chi connectivity index (χ3v) is 6.30. The minimum absolute atomic E-state index is 0.0248. The van der Waals surface area contributed by atoms with E-state index in [1.54, 1.807) is 12.1 Å². The topological polar surface area (TPSA) is 59.5 Å².